The highest BCUT2D eigenvalue weighted by atomic mass is 16.7. The highest BCUT2D eigenvalue weighted by Gasteiger charge is 2.52. The van der Waals surface area contributed by atoms with Gasteiger partial charge >= 0.3 is 13.2 Å². The van der Waals surface area contributed by atoms with E-state index in [4.69, 9.17) is 14.0 Å². The highest BCUT2D eigenvalue weighted by molar-refractivity contribution is 6.65. The number of aldehydes is 1. The number of methoxy groups -OCH3 is 1. The molecular weight excluding hydrogens is 445 g/mol. The third kappa shape index (κ3) is 8.95. The molecule has 1 N–H and O–H groups in total. The Morgan fingerprint density at radius 3 is 1.97 bits per heavy atom. The van der Waals surface area contributed by atoms with Crippen molar-refractivity contribution in [1.29, 1.82) is 0 Å². The second kappa shape index (κ2) is 13.0. The fourth-order valence-electron chi connectivity index (χ4n) is 3.34. The zero-order valence-electron chi connectivity index (χ0n) is 23.0. The first-order valence-corrected chi connectivity index (χ1v) is 11.8. The van der Waals surface area contributed by atoms with E-state index in [0.717, 1.165) is 23.6 Å². The third-order valence-corrected chi connectivity index (χ3v) is 5.69. The Morgan fingerprint density at radius 2 is 1.51 bits per heavy atom. The van der Waals surface area contributed by atoms with Gasteiger partial charge in [-0.25, -0.2) is 4.79 Å². The van der Waals surface area contributed by atoms with Crippen LogP contribution in [0.25, 0.3) is 10.8 Å². The van der Waals surface area contributed by atoms with Crippen LogP contribution in [0.15, 0.2) is 36.4 Å². The molecule has 8 heteroatoms. The van der Waals surface area contributed by atoms with E-state index in [1.807, 2.05) is 32.9 Å². The van der Waals surface area contributed by atoms with E-state index in [0.29, 0.717) is 6.42 Å². The van der Waals surface area contributed by atoms with E-state index in [1.54, 1.807) is 14.2 Å². The average molecular weight is 487 g/mol. The van der Waals surface area contributed by atoms with Crippen molar-refractivity contribution in [3.05, 3.63) is 42.0 Å². The van der Waals surface area contributed by atoms with Crippen LogP contribution in [0.4, 0.5) is 4.79 Å². The number of rotatable bonds is 4. The average Bonchev–Trinajstić information content (AvgIpc) is 2.98. The molecule has 0 atom stereocenters. The second-order valence-electron chi connectivity index (χ2n) is 10.3. The van der Waals surface area contributed by atoms with E-state index >= 15 is 0 Å². The van der Waals surface area contributed by atoms with Gasteiger partial charge in [-0.15, -0.1) is 0 Å². The number of amides is 1. The van der Waals surface area contributed by atoms with Gasteiger partial charge in [0.05, 0.1) is 11.2 Å². The summed E-state index contributed by atoms with van der Waals surface area (Å²) in [4.78, 5) is 21.2. The maximum absolute atomic E-state index is 10.7. The van der Waals surface area contributed by atoms with Crippen molar-refractivity contribution >= 4 is 35.7 Å². The van der Waals surface area contributed by atoms with Gasteiger partial charge in [0, 0.05) is 27.7 Å². The van der Waals surface area contributed by atoms with Crippen LogP contribution in [0.1, 0.15) is 60.5 Å². The predicted molar refractivity (Wildman–Crippen MR) is 142 cm³/mol. The van der Waals surface area contributed by atoms with Gasteiger partial charge in [-0.05, 0) is 76.7 Å². The summed E-state index contributed by atoms with van der Waals surface area (Å²) < 4.78 is 21.5. The first kappa shape index (κ1) is 30.6. The standard InChI is InChI=1S/C19H23BO3.C6H13NO2.C2H6O/c1-18(2)19(3,4)23-20(22-18)17-12-6-10-15-14(9-7-13-21)8-5-11-16(15)17;1-6(2,3)9-5(8)7-4;1-3-2/h5-6,8,10-13H,7,9H2,1-4H3;1-4H3,(H,7,8);1-2H3. The molecule has 1 heterocycles. The molecular formula is C27H42BNO6. The van der Waals surface area contributed by atoms with Crippen LogP contribution in [0.3, 0.4) is 0 Å². The van der Waals surface area contributed by atoms with Crippen LogP contribution in [0.2, 0.25) is 0 Å². The molecule has 2 aromatic rings. The molecule has 1 aliphatic rings. The first-order valence-electron chi connectivity index (χ1n) is 11.8. The molecule has 2 aromatic carbocycles. The number of alkyl carbamates (subject to hydrolysis) is 1. The number of benzene rings is 2. The van der Waals surface area contributed by atoms with Crippen LogP contribution < -0.4 is 10.8 Å². The summed E-state index contributed by atoms with van der Waals surface area (Å²) >= 11 is 0. The van der Waals surface area contributed by atoms with Crippen molar-refractivity contribution in [1.82, 2.24) is 5.32 Å². The summed E-state index contributed by atoms with van der Waals surface area (Å²) in [7, 11) is 4.42. The molecule has 1 fully saturated rings. The number of carbonyl (C=O) groups excluding carboxylic acids is 2. The molecule has 0 unspecified atom stereocenters. The monoisotopic (exact) mass is 487 g/mol. The molecule has 0 bridgehead atoms. The van der Waals surface area contributed by atoms with Crippen molar-refractivity contribution in [2.24, 2.45) is 0 Å². The lowest BCUT2D eigenvalue weighted by Crippen LogP contribution is -2.41. The largest absolute Gasteiger partial charge is 0.495 e. The van der Waals surface area contributed by atoms with Gasteiger partial charge in [0.1, 0.15) is 11.9 Å². The van der Waals surface area contributed by atoms with E-state index in [-0.39, 0.29) is 30.0 Å². The van der Waals surface area contributed by atoms with Gasteiger partial charge in [-0.2, -0.15) is 0 Å². The Hall–Kier alpha value is -2.42. The number of hydrogen-bond acceptors (Lipinski definition) is 6. The molecule has 3 rings (SSSR count). The number of fused-ring (bicyclic) bond motifs is 1. The summed E-state index contributed by atoms with van der Waals surface area (Å²) in [5.41, 5.74) is 1.14. The molecule has 0 spiro atoms. The number of ether oxygens (including phenoxy) is 2. The first-order chi connectivity index (χ1) is 16.2. The van der Waals surface area contributed by atoms with Crippen LogP contribution in [-0.4, -0.2) is 57.6 Å². The number of carbonyl (C=O) groups is 2. The van der Waals surface area contributed by atoms with Crippen LogP contribution in [0, 0.1) is 0 Å². The second-order valence-corrected chi connectivity index (χ2v) is 10.3. The minimum atomic E-state index is -0.389. The van der Waals surface area contributed by atoms with Gasteiger partial charge in [0.25, 0.3) is 0 Å². The van der Waals surface area contributed by atoms with Crippen LogP contribution in [0.5, 0.6) is 0 Å². The molecule has 0 saturated carbocycles. The van der Waals surface area contributed by atoms with Crippen molar-refractivity contribution in [3.63, 3.8) is 0 Å². The van der Waals surface area contributed by atoms with E-state index in [9.17, 15) is 9.59 Å². The predicted octanol–water partition coefficient (Wildman–Crippen LogP) is 4.67. The molecule has 1 saturated heterocycles. The maximum Gasteiger partial charge on any atom is 0.495 e. The fraction of sp³-hybridized carbons (Fsp3) is 0.556. The molecule has 0 radical (unpaired) electrons. The fourth-order valence-corrected chi connectivity index (χ4v) is 3.34. The van der Waals surface area contributed by atoms with Gasteiger partial charge in [-0.1, -0.05) is 36.4 Å². The minimum Gasteiger partial charge on any atom is -0.444 e. The van der Waals surface area contributed by atoms with E-state index in [2.05, 4.69) is 62.0 Å². The summed E-state index contributed by atoms with van der Waals surface area (Å²) in [5, 5.41) is 4.66. The van der Waals surface area contributed by atoms with Crippen LogP contribution >= 0.6 is 0 Å². The molecule has 1 amide bonds. The van der Waals surface area contributed by atoms with Crippen molar-refractivity contribution < 1.29 is 28.4 Å². The van der Waals surface area contributed by atoms with Gasteiger partial charge in [0.2, 0.25) is 0 Å². The molecule has 0 aromatic heterocycles. The van der Waals surface area contributed by atoms with Crippen molar-refractivity contribution in [2.75, 3.05) is 21.3 Å². The summed E-state index contributed by atoms with van der Waals surface area (Å²) in [6, 6.07) is 12.4. The Bertz CT molecular complexity index is 952. The number of hydrogen-bond donors (Lipinski definition) is 1. The number of aryl methyl sites for hydroxylation is 1. The Morgan fingerprint density at radius 1 is 1.00 bits per heavy atom. The molecule has 194 valence electrons. The minimum absolute atomic E-state index is 0.352. The zero-order valence-corrected chi connectivity index (χ0v) is 23.0. The molecule has 1 aliphatic heterocycles. The summed E-state index contributed by atoms with van der Waals surface area (Å²) in [6.07, 6.45) is 1.88. The van der Waals surface area contributed by atoms with Crippen molar-refractivity contribution in [3.8, 4) is 0 Å². The SMILES string of the molecule is CC1(C)OB(c2cccc3c(CCC=O)cccc23)OC1(C)C.CNC(=O)OC(C)(C)C.COC. The zero-order chi connectivity index (χ0) is 26.9. The third-order valence-electron chi connectivity index (χ3n) is 5.69. The Labute approximate surface area is 211 Å². The lowest BCUT2D eigenvalue weighted by atomic mass is 9.75. The van der Waals surface area contributed by atoms with Crippen LogP contribution in [-0.2, 0) is 30.0 Å². The highest BCUT2D eigenvalue weighted by Crippen LogP contribution is 2.37. The van der Waals surface area contributed by atoms with Crippen molar-refractivity contribution in [2.45, 2.75) is 78.1 Å². The van der Waals surface area contributed by atoms with Gasteiger partial charge in [-0.3, -0.25) is 0 Å². The lowest BCUT2D eigenvalue weighted by Gasteiger charge is -2.32. The lowest BCUT2D eigenvalue weighted by molar-refractivity contribution is -0.107. The summed E-state index contributed by atoms with van der Waals surface area (Å²) in [5.74, 6) is 0. The molecule has 0 aliphatic carbocycles. The quantitative estimate of drug-likeness (QED) is 0.499. The molecule has 7 nitrogen and oxygen atoms in total. The molecule has 35 heavy (non-hydrogen) atoms. The summed E-state index contributed by atoms with van der Waals surface area (Å²) in [6.45, 7) is 13.7. The Kier molecular flexibility index (Phi) is 11.4. The number of nitrogens with one attached hydrogen (secondary N) is 1. The smallest absolute Gasteiger partial charge is 0.444 e. The Balaban J connectivity index is 0.000000429. The van der Waals surface area contributed by atoms with E-state index < -0.39 is 0 Å². The van der Waals surface area contributed by atoms with Gasteiger partial charge < -0.3 is 28.9 Å². The van der Waals surface area contributed by atoms with E-state index in [1.165, 1.54) is 18.0 Å². The maximum atomic E-state index is 10.7. The topological polar surface area (TPSA) is 83.1 Å². The normalized spacial score (nSPS) is 15.9. The van der Waals surface area contributed by atoms with Gasteiger partial charge in [0.15, 0.2) is 0 Å².